The Balaban J connectivity index is 2.97. The molecule has 0 aliphatic carbocycles. The van der Waals surface area contributed by atoms with E-state index < -0.39 is 0 Å². The van der Waals surface area contributed by atoms with E-state index in [9.17, 15) is 0 Å². The summed E-state index contributed by atoms with van der Waals surface area (Å²) < 4.78 is 4.87. The summed E-state index contributed by atoms with van der Waals surface area (Å²) in [6.07, 6.45) is 10.8. The van der Waals surface area contributed by atoms with Gasteiger partial charge < -0.3 is 4.74 Å². The summed E-state index contributed by atoms with van der Waals surface area (Å²) in [6.45, 7) is 2.49. The second-order valence-corrected chi connectivity index (χ2v) is 1.68. The fraction of sp³-hybridized carbons (Fsp3) is 0.500. The van der Waals surface area contributed by atoms with Gasteiger partial charge in [-0.05, 0) is 12.5 Å². The molecule has 0 heterocycles. The van der Waals surface area contributed by atoms with Crippen molar-refractivity contribution in [2.75, 3.05) is 6.61 Å². The third-order valence-electron chi connectivity index (χ3n) is 0.814. The van der Waals surface area contributed by atoms with Crippen LogP contribution in [0.2, 0.25) is 0 Å². The Hall–Kier alpha value is -0.900. The van der Waals surface area contributed by atoms with Crippen molar-refractivity contribution in [2.45, 2.75) is 19.8 Å². The van der Waals surface area contributed by atoms with Crippen molar-refractivity contribution in [3.05, 3.63) is 12.3 Å². The smallest absolute Gasteiger partial charge is 0.147 e. The van der Waals surface area contributed by atoms with Gasteiger partial charge in [0, 0.05) is 0 Å². The lowest BCUT2D eigenvalue weighted by molar-refractivity contribution is 0.295. The van der Waals surface area contributed by atoms with Gasteiger partial charge in [0.05, 0.1) is 6.26 Å². The molecule has 9 heavy (non-hydrogen) atoms. The Morgan fingerprint density at radius 2 is 2.44 bits per heavy atom. The molecule has 1 heteroatoms. The molecule has 0 aromatic heterocycles. The van der Waals surface area contributed by atoms with Gasteiger partial charge in [0.25, 0.3) is 0 Å². The van der Waals surface area contributed by atoms with Crippen LogP contribution in [0.4, 0.5) is 0 Å². The maximum absolute atomic E-state index is 4.93. The predicted octanol–water partition coefficient (Wildman–Crippen LogP) is 1.95. The Morgan fingerprint density at radius 3 is 3.00 bits per heavy atom. The van der Waals surface area contributed by atoms with Gasteiger partial charge in [-0.25, -0.2) is 0 Å². The molecular weight excluding hydrogens is 112 g/mol. The van der Waals surface area contributed by atoms with Crippen molar-refractivity contribution >= 4 is 0 Å². The normalized spacial score (nSPS) is 9.33. The van der Waals surface area contributed by atoms with Crippen LogP contribution in [0.1, 0.15) is 19.8 Å². The lowest BCUT2D eigenvalue weighted by Crippen LogP contribution is -1.78. The molecule has 0 rings (SSSR count). The molecule has 0 fully saturated rings. The summed E-state index contributed by atoms with van der Waals surface area (Å²) in [5.41, 5.74) is 0. The van der Waals surface area contributed by atoms with Crippen molar-refractivity contribution in [1.29, 1.82) is 0 Å². The standard InChI is InChI=1S/C8H12O/c1-3-5-6-8-9-7-4-2/h2,6,8H,3,5,7H2,1H3. The molecule has 0 unspecified atom stereocenters. The van der Waals surface area contributed by atoms with Gasteiger partial charge in [-0.1, -0.05) is 19.3 Å². The van der Waals surface area contributed by atoms with E-state index in [1.165, 1.54) is 0 Å². The van der Waals surface area contributed by atoms with Crippen LogP contribution in [0.5, 0.6) is 0 Å². The van der Waals surface area contributed by atoms with Gasteiger partial charge in [-0.2, -0.15) is 0 Å². The van der Waals surface area contributed by atoms with Crippen LogP contribution in [0.25, 0.3) is 0 Å². The SMILES string of the molecule is C#CCOC=CCCC. The van der Waals surface area contributed by atoms with Crippen LogP contribution in [-0.2, 0) is 4.74 Å². The molecule has 0 amide bonds. The highest BCUT2D eigenvalue weighted by Gasteiger charge is 1.72. The lowest BCUT2D eigenvalue weighted by Gasteiger charge is -1.89. The second kappa shape index (κ2) is 7.10. The Morgan fingerprint density at radius 1 is 1.67 bits per heavy atom. The Bertz CT molecular complexity index is 108. The maximum Gasteiger partial charge on any atom is 0.147 e. The molecule has 0 aliphatic heterocycles. The number of hydrogen-bond donors (Lipinski definition) is 0. The monoisotopic (exact) mass is 124 g/mol. The molecule has 0 spiro atoms. The van der Waals surface area contributed by atoms with Gasteiger partial charge >= 0.3 is 0 Å². The van der Waals surface area contributed by atoms with E-state index >= 15 is 0 Å². The van der Waals surface area contributed by atoms with E-state index in [1.807, 2.05) is 6.08 Å². The molecule has 0 aliphatic rings. The highest BCUT2D eigenvalue weighted by atomic mass is 16.5. The lowest BCUT2D eigenvalue weighted by atomic mass is 10.3. The third-order valence-corrected chi connectivity index (χ3v) is 0.814. The van der Waals surface area contributed by atoms with E-state index in [-0.39, 0.29) is 0 Å². The number of allylic oxidation sites excluding steroid dienone is 1. The molecule has 0 bridgehead atoms. The molecule has 0 aromatic carbocycles. The fourth-order valence-electron chi connectivity index (χ4n) is 0.399. The van der Waals surface area contributed by atoms with Crippen molar-refractivity contribution in [1.82, 2.24) is 0 Å². The third kappa shape index (κ3) is 7.10. The minimum atomic E-state index is 0.375. The Kier molecular flexibility index (Phi) is 6.39. The summed E-state index contributed by atoms with van der Waals surface area (Å²) in [4.78, 5) is 0. The van der Waals surface area contributed by atoms with Crippen LogP contribution >= 0.6 is 0 Å². The molecule has 0 radical (unpaired) electrons. The molecule has 50 valence electrons. The van der Waals surface area contributed by atoms with E-state index in [4.69, 9.17) is 11.2 Å². The molecule has 1 nitrogen and oxygen atoms in total. The number of ether oxygens (including phenoxy) is 1. The van der Waals surface area contributed by atoms with Gasteiger partial charge in [-0.15, -0.1) is 6.42 Å². The van der Waals surface area contributed by atoms with E-state index in [2.05, 4.69) is 12.8 Å². The second-order valence-electron chi connectivity index (χ2n) is 1.68. The number of terminal acetylenes is 1. The van der Waals surface area contributed by atoms with Gasteiger partial charge in [0.1, 0.15) is 6.61 Å². The first-order chi connectivity index (χ1) is 4.41. The zero-order valence-electron chi connectivity index (χ0n) is 5.76. The average molecular weight is 124 g/mol. The fourth-order valence-corrected chi connectivity index (χ4v) is 0.399. The Labute approximate surface area is 56.7 Å². The number of rotatable bonds is 4. The van der Waals surface area contributed by atoms with Crippen molar-refractivity contribution in [3.63, 3.8) is 0 Å². The average Bonchev–Trinajstić information content (AvgIpc) is 1.89. The summed E-state index contributed by atoms with van der Waals surface area (Å²) in [7, 11) is 0. The number of hydrogen-bond acceptors (Lipinski definition) is 1. The summed E-state index contributed by atoms with van der Waals surface area (Å²) in [5, 5.41) is 0. The number of unbranched alkanes of at least 4 members (excludes halogenated alkanes) is 1. The zero-order valence-corrected chi connectivity index (χ0v) is 5.76. The molecular formula is C8H12O. The summed E-state index contributed by atoms with van der Waals surface area (Å²) in [5.74, 6) is 2.37. The first-order valence-electron chi connectivity index (χ1n) is 3.12. The first-order valence-corrected chi connectivity index (χ1v) is 3.12. The van der Waals surface area contributed by atoms with Crippen LogP contribution < -0.4 is 0 Å². The van der Waals surface area contributed by atoms with Crippen molar-refractivity contribution in [3.8, 4) is 12.3 Å². The quantitative estimate of drug-likeness (QED) is 0.316. The minimum Gasteiger partial charge on any atom is -0.489 e. The van der Waals surface area contributed by atoms with Crippen LogP contribution in [0, 0.1) is 12.3 Å². The minimum absolute atomic E-state index is 0.375. The molecule has 0 N–H and O–H groups in total. The van der Waals surface area contributed by atoms with E-state index in [0.29, 0.717) is 6.61 Å². The topological polar surface area (TPSA) is 9.23 Å². The molecule has 0 atom stereocenters. The molecule has 0 aromatic rings. The highest BCUT2D eigenvalue weighted by Crippen LogP contribution is 1.87. The molecule has 0 saturated heterocycles. The van der Waals surface area contributed by atoms with E-state index in [1.54, 1.807) is 6.26 Å². The van der Waals surface area contributed by atoms with Crippen LogP contribution in [-0.4, -0.2) is 6.61 Å². The van der Waals surface area contributed by atoms with Gasteiger partial charge in [-0.3, -0.25) is 0 Å². The summed E-state index contributed by atoms with van der Waals surface area (Å²) in [6, 6.07) is 0. The van der Waals surface area contributed by atoms with Gasteiger partial charge in [0.15, 0.2) is 0 Å². The molecule has 0 saturated carbocycles. The first kappa shape index (κ1) is 8.10. The van der Waals surface area contributed by atoms with Crippen molar-refractivity contribution < 1.29 is 4.74 Å². The van der Waals surface area contributed by atoms with Gasteiger partial charge in [0.2, 0.25) is 0 Å². The summed E-state index contributed by atoms with van der Waals surface area (Å²) >= 11 is 0. The maximum atomic E-state index is 4.93. The van der Waals surface area contributed by atoms with Crippen LogP contribution in [0.3, 0.4) is 0 Å². The highest BCUT2D eigenvalue weighted by molar-refractivity contribution is 4.85. The zero-order chi connectivity index (χ0) is 6.95. The predicted molar refractivity (Wildman–Crippen MR) is 38.8 cm³/mol. The van der Waals surface area contributed by atoms with Crippen molar-refractivity contribution in [2.24, 2.45) is 0 Å². The largest absolute Gasteiger partial charge is 0.489 e. The van der Waals surface area contributed by atoms with E-state index in [0.717, 1.165) is 12.8 Å². The van der Waals surface area contributed by atoms with Crippen LogP contribution in [0.15, 0.2) is 12.3 Å².